The van der Waals surface area contributed by atoms with Crippen LogP contribution in [0.1, 0.15) is 48.4 Å². The maximum absolute atomic E-state index is 12.2. The molecule has 1 aromatic rings. The standard InChI is InChI=1S/C13H18N2O4/c1-3-15(7-6-12(16)18-2)13(17)10-8-11(19-14-10)9-4-5-9/h8-9H,3-7H2,1-2H3. The first kappa shape index (κ1) is 13.6. The van der Waals surface area contributed by atoms with E-state index in [0.29, 0.717) is 24.7 Å². The molecule has 1 aliphatic carbocycles. The molecule has 6 heteroatoms. The van der Waals surface area contributed by atoms with E-state index in [2.05, 4.69) is 9.89 Å². The summed E-state index contributed by atoms with van der Waals surface area (Å²) in [5.41, 5.74) is 0.314. The minimum absolute atomic E-state index is 0.184. The summed E-state index contributed by atoms with van der Waals surface area (Å²) in [7, 11) is 1.33. The summed E-state index contributed by atoms with van der Waals surface area (Å²) >= 11 is 0. The number of aromatic nitrogens is 1. The van der Waals surface area contributed by atoms with Crippen LogP contribution in [0, 0.1) is 0 Å². The van der Waals surface area contributed by atoms with Crippen molar-refractivity contribution >= 4 is 11.9 Å². The van der Waals surface area contributed by atoms with Gasteiger partial charge in [0.1, 0.15) is 5.76 Å². The van der Waals surface area contributed by atoms with Gasteiger partial charge in [0.2, 0.25) is 0 Å². The molecule has 0 spiro atoms. The van der Waals surface area contributed by atoms with Gasteiger partial charge in [-0.3, -0.25) is 9.59 Å². The number of amides is 1. The van der Waals surface area contributed by atoms with Crippen molar-refractivity contribution in [1.82, 2.24) is 10.1 Å². The Morgan fingerprint density at radius 1 is 1.53 bits per heavy atom. The van der Waals surface area contributed by atoms with Crippen molar-refractivity contribution in [3.05, 3.63) is 17.5 Å². The fourth-order valence-electron chi connectivity index (χ4n) is 1.84. The third-order valence-electron chi connectivity index (χ3n) is 3.21. The fourth-order valence-corrected chi connectivity index (χ4v) is 1.84. The van der Waals surface area contributed by atoms with Crippen LogP contribution in [0.2, 0.25) is 0 Å². The minimum Gasteiger partial charge on any atom is -0.469 e. The summed E-state index contributed by atoms with van der Waals surface area (Å²) < 4.78 is 9.73. The minimum atomic E-state index is -0.329. The van der Waals surface area contributed by atoms with Crippen LogP contribution in [0.4, 0.5) is 0 Å². The van der Waals surface area contributed by atoms with Crippen LogP contribution in [-0.2, 0) is 9.53 Å². The van der Waals surface area contributed by atoms with Gasteiger partial charge in [-0.2, -0.15) is 0 Å². The Balaban J connectivity index is 1.96. The fraction of sp³-hybridized carbons (Fsp3) is 0.615. The normalized spacial score (nSPS) is 14.2. The molecule has 2 rings (SSSR count). The number of hydrogen-bond donors (Lipinski definition) is 0. The number of carbonyl (C=O) groups excluding carboxylic acids is 2. The van der Waals surface area contributed by atoms with Gasteiger partial charge in [-0.15, -0.1) is 0 Å². The van der Waals surface area contributed by atoms with Crippen LogP contribution in [-0.4, -0.2) is 42.1 Å². The predicted molar refractivity (Wildman–Crippen MR) is 66.7 cm³/mol. The molecule has 104 valence electrons. The molecular weight excluding hydrogens is 248 g/mol. The number of ether oxygens (including phenoxy) is 1. The second-order valence-electron chi connectivity index (χ2n) is 4.60. The molecule has 0 N–H and O–H groups in total. The number of carbonyl (C=O) groups is 2. The van der Waals surface area contributed by atoms with Crippen molar-refractivity contribution in [2.45, 2.75) is 32.1 Å². The van der Waals surface area contributed by atoms with Crippen LogP contribution in [0.15, 0.2) is 10.6 Å². The van der Waals surface area contributed by atoms with Crippen LogP contribution < -0.4 is 0 Å². The van der Waals surface area contributed by atoms with Crippen molar-refractivity contribution < 1.29 is 18.8 Å². The molecule has 0 aliphatic heterocycles. The summed E-state index contributed by atoms with van der Waals surface area (Å²) in [5, 5.41) is 3.81. The highest BCUT2D eigenvalue weighted by Gasteiger charge is 2.29. The first-order valence-electron chi connectivity index (χ1n) is 6.48. The van der Waals surface area contributed by atoms with Gasteiger partial charge in [0, 0.05) is 25.1 Å². The Hall–Kier alpha value is -1.85. The quantitative estimate of drug-likeness (QED) is 0.731. The van der Waals surface area contributed by atoms with Gasteiger partial charge >= 0.3 is 5.97 Å². The highest BCUT2D eigenvalue weighted by molar-refractivity contribution is 5.92. The van der Waals surface area contributed by atoms with E-state index in [1.807, 2.05) is 6.92 Å². The largest absolute Gasteiger partial charge is 0.469 e. The van der Waals surface area contributed by atoms with Crippen LogP contribution in [0.25, 0.3) is 0 Å². The first-order chi connectivity index (χ1) is 9.15. The molecule has 1 heterocycles. The zero-order valence-electron chi connectivity index (χ0n) is 11.2. The van der Waals surface area contributed by atoms with Crippen molar-refractivity contribution in [2.24, 2.45) is 0 Å². The summed E-state index contributed by atoms with van der Waals surface area (Å²) in [6.45, 7) is 2.70. The van der Waals surface area contributed by atoms with E-state index < -0.39 is 0 Å². The van der Waals surface area contributed by atoms with Gasteiger partial charge in [0.25, 0.3) is 5.91 Å². The maximum atomic E-state index is 12.2. The maximum Gasteiger partial charge on any atom is 0.307 e. The average Bonchev–Trinajstić information content (AvgIpc) is 3.16. The summed E-state index contributed by atoms with van der Waals surface area (Å²) in [6.07, 6.45) is 2.38. The molecule has 0 radical (unpaired) electrons. The lowest BCUT2D eigenvalue weighted by Gasteiger charge is -2.18. The predicted octanol–water partition coefficient (Wildman–Crippen LogP) is 1.58. The molecule has 0 aromatic carbocycles. The summed E-state index contributed by atoms with van der Waals surface area (Å²) in [5.74, 6) is 0.679. The number of nitrogens with zero attached hydrogens (tertiary/aromatic N) is 2. The van der Waals surface area contributed by atoms with Crippen LogP contribution in [0.5, 0.6) is 0 Å². The second-order valence-corrected chi connectivity index (χ2v) is 4.60. The third kappa shape index (κ3) is 3.33. The molecule has 1 fully saturated rings. The Morgan fingerprint density at radius 3 is 2.84 bits per heavy atom. The van der Waals surface area contributed by atoms with Gasteiger partial charge in [0.15, 0.2) is 5.69 Å². The van der Waals surface area contributed by atoms with E-state index in [9.17, 15) is 9.59 Å². The van der Waals surface area contributed by atoms with E-state index >= 15 is 0 Å². The smallest absolute Gasteiger partial charge is 0.307 e. The van der Waals surface area contributed by atoms with Gasteiger partial charge < -0.3 is 14.2 Å². The molecule has 1 aliphatic rings. The molecule has 0 unspecified atom stereocenters. The van der Waals surface area contributed by atoms with Gasteiger partial charge in [-0.25, -0.2) is 0 Å². The molecule has 0 saturated heterocycles. The lowest BCUT2D eigenvalue weighted by Crippen LogP contribution is -2.33. The Bertz CT molecular complexity index is 465. The molecule has 19 heavy (non-hydrogen) atoms. The number of esters is 1. The second kappa shape index (κ2) is 5.86. The zero-order chi connectivity index (χ0) is 13.8. The highest BCUT2D eigenvalue weighted by atomic mass is 16.5. The van der Waals surface area contributed by atoms with Crippen LogP contribution >= 0.6 is 0 Å². The molecule has 1 amide bonds. The van der Waals surface area contributed by atoms with E-state index in [-0.39, 0.29) is 18.3 Å². The number of rotatable bonds is 6. The Labute approximate surface area is 111 Å². The molecule has 6 nitrogen and oxygen atoms in total. The Kier molecular flexibility index (Phi) is 4.19. The monoisotopic (exact) mass is 266 g/mol. The SMILES string of the molecule is CCN(CCC(=O)OC)C(=O)c1cc(C2CC2)on1. The number of methoxy groups -OCH3 is 1. The van der Waals surface area contributed by atoms with Gasteiger partial charge in [-0.05, 0) is 19.8 Å². The van der Waals surface area contributed by atoms with Crippen molar-refractivity contribution in [3.63, 3.8) is 0 Å². The van der Waals surface area contributed by atoms with Gasteiger partial charge in [-0.1, -0.05) is 5.16 Å². The summed E-state index contributed by atoms with van der Waals surface area (Å²) in [4.78, 5) is 24.8. The third-order valence-corrected chi connectivity index (χ3v) is 3.21. The molecule has 0 bridgehead atoms. The first-order valence-corrected chi connectivity index (χ1v) is 6.48. The topological polar surface area (TPSA) is 72.6 Å². The highest BCUT2D eigenvalue weighted by Crippen LogP contribution is 2.40. The number of hydrogen-bond acceptors (Lipinski definition) is 5. The van der Waals surface area contributed by atoms with E-state index in [0.717, 1.165) is 18.6 Å². The van der Waals surface area contributed by atoms with Crippen molar-refractivity contribution in [3.8, 4) is 0 Å². The lowest BCUT2D eigenvalue weighted by molar-refractivity contribution is -0.140. The summed E-state index contributed by atoms with van der Waals surface area (Å²) in [6, 6.07) is 1.71. The lowest BCUT2D eigenvalue weighted by atomic mass is 10.2. The molecule has 1 aromatic heterocycles. The van der Waals surface area contributed by atoms with E-state index in [4.69, 9.17) is 4.52 Å². The Morgan fingerprint density at radius 2 is 2.26 bits per heavy atom. The van der Waals surface area contributed by atoms with Crippen molar-refractivity contribution in [1.29, 1.82) is 0 Å². The zero-order valence-corrected chi connectivity index (χ0v) is 11.2. The van der Waals surface area contributed by atoms with Crippen LogP contribution in [0.3, 0.4) is 0 Å². The van der Waals surface area contributed by atoms with Gasteiger partial charge in [0.05, 0.1) is 13.5 Å². The van der Waals surface area contributed by atoms with E-state index in [1.54, 1.807) is 11.0 Å². The molecular formula is C13H18N2O4. The average molecular weight is 266 g/mol. The molecule has 1 saturated carbocycles. The molecule has 0 atom stereocenters. The van der Waals surface area contributed by atoms with E-state index in [1.165, 1.54) is 7.11 Å². The van der Waals surface area contributed by atoms with Crippen molar-refractivity contribution in [2.75, 3.05) is 20.2 Å².